The van der Waals surface area contributed by atoms with E-state index in [-0.39, 0.29) is 18.5 Å². The van der Waals surface area contributed by atoms with Crippen molar-refractivity contribution in [3.8, 4) is 0 Å². The molecule has 0 aliphatic heterocycles. The lowest BCUT2D eigenvalue weighted by molar-refractivity contribution is -0.873. The summed E-state index contributed by atoms with van der Waals surface area (Å²) in [5.74, 6) is -0.370. The molecule has 0 amide bonds. The summed E-state index contributed by atoms with van der Waals surface area (Å²) in [5.41, 5.74) is 0. The van der Waals surface area contributed by atoms with Gasteiger partial charge in [-0.2, -0.15) is 0 Å². The third-order valence-electron chi connectivity index (χ3n) is 8.14. The number of allylic oxidation sites excluding steroid dienone is 8. The van der Waals surface area contributed by atoms with E-state index in [1.165, 1.54) is 77.0 Å². The van der Waals surface area contributed by atoms with Crippen molar-refractivity contribution >= 4 is 11.9 Å². The van der Waals surface area contributed by atoms with Crippen LogP contribution in [-0.4, -0.2) is 56.8 Å². The molecule has 5 heteroatoms. The molecule has 5 nitrogen and oxygen atoms in total. The van der Waals surface area contributed by atoms with Gasteiger partial charge in [0.2, 0.25) is 0 Å². The first-order chi connectivity index (χ1) is 22.8. The highest BCUT2D eigenvalue weighted by atomic mass is 16.6. The highest BCUT2D eigenvalue weighted by molar-refractivity contribution is 5.70. The largest absolute Gasteiger partial charge is 0.461 e. The lowest BCUT2D eigenvalue weighted by Crippen LogP contribution is -2.45. The molecule has 0 aromatic carbocycles. The molecule has 0 fully saturated rings. The average molecular weight is 659 g/mol. The Hall–Kier alpha value is -2.14. The van der Waals surface area contributed by atoms with Gasteiger partial charge < -0.3 is 14.0 Å². The van der Waals surface area contributed by atoms with E-state index in [9.17, 15) is 9.59 Å². The molecule has 1 atom stereocenters. The first kappa shape index (κ1) is 44.9. The second kappa shape index (κ2) is 33.7. The van der Waals surface area contributed by atoms with Crippen LogP contribution < -0.4 is 0 Å². The number of unbranched alkanes of at least 4 members (excludes halogenated alkanes) is 16. The summed E-state index contributed by atoms with van der Waals surface area (Å²) in [5, 5.41) is 0. The second-order valence-corrected chi connectivity index (χ2v) is 14.2. The molecule has 0 N–H and O–H groups in total. The van der Waals surface area contributed by atoms with Gasteiger partial charge in [0.15, 0.2) is 6.10 Å². The van der Waals surface area contributed by atoms with Crippen molar-refractivity contribution in [2.75, 3.05) is 34.3 Å². The number of hydrogen-bond acceptors (Lipinski definition) is 4. The maximum absolute atomic E-state index is 12.6. The van der Waals surface area contributed by atoms with Crippen molar-refractivity contribution in [2.45, 2.75) is 174 Å². The number of hydrogen-bond donors (Lipinski definition) is 0. The molecule has 0 rings (SSSR count). The van der Waals surface area contributed by atoms with Crippen LogP contribution in [0.25, 0.3) is 0 Å². The van der Waals surface area contributed by atoms with E-state index in [0.29, 0.717) is 23.9 Å². The van der Waals surface area contributed by atoms with E-state index in [1.54, 1.807) is 0 Å². The van der Waals surface area contributed by atoms with Crippen LogP contribution in [0, 0.1) is 0 Å². The predicted octanol–water partition coefficient (Wildman–Crippen LogP) is 11.8. The first-order valence-corrected chi connectivity index (χ1v) is 19.5. The summed E-state index contributed by atoms with van der Waals surface area (Å²) in [4.78, 5) is 24.9. The summed E-state index contributed by atoms with van der Waals surface area (Å²) >= 11 is 0. The fourth-order valence-corrected chi connectivity index (χ4v) is 5.40. The fraction of sp³-hybridized carbons (Fsp3) is 0.762. The smallest absolute Gasteiger partial charge is 0.306 e. The molecule has 0 saturated heterocycles. The minimum absolute atomic E-state index is 0.141. The van der Waals surface area contributed by atoms with Crippen molar-refractivity contribution in [2.24, 2.45) is 0 Å². The van der Waals surface area contributed by atoms with Gasteiger partial charge >= 0.3 is 11.9 Å². The zero-order valence-electron chi connectivity index (χ0n) is 31.7. The van der Waals surface area contributed by atoms with Gasteiger partial charge in [-0.1, -0.05) is 127 Å². The van der Waals surface area contributed by atoms with Crippen molar-refractivity contribution in [1.29, 1.82) is 0 Å². The Labute approximate surface area is 291 Å². The van der Waals surface area contributed by atoms with Crippen LogP contribution in [0.15, 0.2) is 48.6 Å². The van der Waals surface area contributed by atoms with Gasteiger partial charge in [-0.25, -0.2) is 0 Å². The average Bonchev–Trinajstić information content (AvgIpc) is 3.03. The van der Waals surface area contributed by atoms with E-state index in [4.69, 9.17) is 9.47 Å². The second-order valence-electron chi connectivity index (χ2n) is 14.2. The third-order valence-corrected chi connectivity index (χ3v) is 8.14. The van der Waals surface area contributed by atoms with Crippen LogP contribution in [0.4, 0.5) is 0 Å². The molecule has 0 heterocycles. The van der Waals surface area contributed by atoms with Gasteiger partial charge in [0.1, 0.15) is 13.2 Å². The Morgan fingerprint density at radius 2 is 0.894 bits per heavy atom. The highest BCUT2D eigenvalue weighted by Crippen LogP contribution is 2.12. The number of quaternary nitrogens is 1. The molecular weight excluding hydrogens is 582 g/mol. The number of rotatable bonds is 33. The van der Waals surface area contributed by atoms with E-state index in [0.717, 1.165) is 64.2 Å². The topological polar surface area (TPSA) is 52.6 Å². The van der Waals surface area contributed by atoms with E-state index in [1.807, 2.05) is 0 Å². The van der Waals surface area contributed by atoms with E-state index < -0.39 is 6.10 Å². The first-order valence-electron chi connectivity index (χ1n) is 19.5. The molecule has 0 aromatic heterocycles. The molecule has 1 unspecified atom stereocenters. The molecule has 0 saturated carbocycles. The predicted molar refractivity (Wildman–Crippen MR) is 202 cm³/mol. The monoisotopic (exact) mass is 659 g/mol. The molecule has 0 aromatic rings. The number of esters is 2. The molecule has 0 radical (unpaired) electrons. The van der Waals surface area contributed by atoms with Crippen molar-refractivity contribution in [3.63, 3.8) is 0 Å². The molecule has 0 aliphatic rings. The van der Waals surface area contributed by atoms with E-state index >= 15 is 0 Å². The quantitative estimate of drug-likeness (QED) is 0.0305. The normalized spacial score (nSPS) is 13.0. The molecule has 47 heavy (non-hydrogen) atoms. The molecule has 0 aliphatic carbocycles. The van der Waals surface area contributed by atoms with Crippen molar-refractivity contribution < 1.29 is 23.5 Å². The summed E-state index contributed by atoms with van der Waals surface area (Å²) in [6, 6.07) is 0. The minimum atomic E-state index is -0.408. The number of carbonyl (C=O) groups excluding carboxylic acids is 2. The lowest BCUT2D eigenvalue weighted by atomic mass is 10.1. The van der Waals surface area contributed by atoms with Gasteiger partial charge in [0.05, 0.1) is 21.1 Å². The highest BCUT2D eigenvalue weighted by Gasteiger charge is 2.23. The maximum Gasteiger partial charge on any atom is 0.306 e. The molecule has 272 valence electrons. The Morgan fingerprint density at radius 1 is 0.511 bits per heavy atom. The van der Waals surface area contributed by atoms with Crippen LogP contribution in [0.3, 0.4) is 0 Å². The van der Waals surface area contributed by atoms with Crippen LogP contribution in [0.1, 0.15) is 168 Å². The summed E-state index contributed by atoms with van der Waals surface area (Å²) < 4.78 is 12.0. The molecule has 0 spiro atoms. The van der Waals surface area contributed by atoms with Gasteiger partial charge in [-0.15, -0.1) is 0 Å². The SMILES string of the molecule is CCCCC/C=C\C/C=C\CCCCCCCC(=O)OCC(C[N+](C)(C)C)OC(=O)CCCCCCC/C=C\C/C=C\CCCCC. The minimum Gasteiger partial charge on any atom is -0.461 e. The Balaban J connectivity index is 3.95. The van der Waals surface area contributed by atoms with Gasteiger partial charge in [-0.05, 0) is 77.0 Å². The van der Waals surface area contributed by atoms with Gasteiger partial charge in [-0.3, -0.25) is 9.59 Å². The zero-order chi connectivity index (χ0) is 34.7. The molecule has 0 bridgehead atoms. The number of nitrogens with zero attached hydrogens (tertiary/aromatic N) is 1. The Morgan fingerprint density at radius 3 is 1.32 bits per heavy atom. The van der Waals surface area contributed by atoms with Crippen LogP contribution in [0.5, 0.6) is 0 Å². The summed E-state index contributed by atoms with van der Waals surface area (Å²) in [7, 11) is 6.18. The standard InChI is InChI=1S/C42H76NO4/c1-6-8-10-12-14-16-18-20-22-24-26-28-30-32-34-36-41(44)46-39-40(38-43(3,4)5)47-42(45)37-35-33-31-29-27-25-23-21-19-17-15-13-11-9-7-2/h14-17,20-23,40H,6-13,18-19,24-39H2,1-5H3/q+1/b16-14-,17-15-,22-20-,23-21-. The zero-order valence-corrected chi connectivity index (χ0v) is 31.7. The van der Waals surface area contributed by atoms with Crippen molar-refractivity contribution in [3.05, 3.63) is 48.6 Å². The Bertz CT molecular complexity index is 836. The van der Waals surface area contributed by atoms with Crippen molar-refractivity contribution in [1.82, 2.24) is 0 Å². The third kappa shape index (κ3) is 36.5. The number of carbonyl (C=O) groups is 2. The summed E-state index contributed by atoms with van der Waals surface area (Å²) in [6.07, 6.45) is 44.2. The van der Waals surface area contributed by atoms with Crippen LogP contribution in [-0.2, 0) is 19.1 Å². The fourth-order valence-electron chi connectivity index (χ4n) is 5.40. The van der Waals surface area contributed by atoms with Crippen LogP contribution in [0.2, 0.25) is 0 Å². The number of likely N-dealkylation sites (N-methyl/N-ethyl adjacent to an activating group) is 1. The Kier molecular flexibility index (Phi) is 32.2. The lowest BCUT2D eigenvalue weighted by Gasteiger charge is -2.28. The van der Waals surface area contributed by atoms with E-state index in [2.05, 4.69) is 83.6 Å². The number of ether oxygens (including phenoxy) is 2. The van der Waals surface area contributed by atoms with Gasteiger partial charge in [0, 0.05) is 12.8 Å². The van der Waals surface area contributed by atoms with Crippen LogP contribution >= 0.6 is 0 Å². The summed E-state index contributed by atoms with van der Waals surface area (Å²) in [6.45, 7) is 5.24. The maximum atomic E-state index is 12.6. The van der Waals surface area contributed by atoms with Gasteiger partial charge in [0.25, 0.3) is 0 Å². The molecular formula is C42H76NO4+.